The summed E-state index contributed by atoms with van der Waals surface area (Å²) in [5.41, 5.74) is 1.92. The Morgan fingerprint density at radius 2 is 2.21 bits per heavy atom. The summed E-state index contributed by atoms with van der Waals surface area (Å²) in [6.45, 7) is 6.67. The van der Waals surface area contributed by atoms with Crippen LogP contribution in [-0.4, -0.2) is 30.1 Å². The van der Waals surface area contributed by atoms with E-state index >= 15 is 0 Å². The lowest BCUT2D eigenvalue weighted by atomic mass is 10.2. The Bertz CT molecular complexity index is 694. The molecule has 4 nitrogen and oxygen atoms in total. The van der Waals surface area contributed by atoms with Gasteiger partial charge < -0.3 is 4.74 Å². The van der Waals surface area contributed by atoms with E-state index in [0.29, 0.717) is 24.2 Å². The summed E-state index contributed by atoms with van der Waals surface area (Å²) in [7, 11) is 0. The van der Waals surface area contributed by atoms with E-state index in [9.17, 15) is 4.79 Å². The fourth-order valence-corrected chi connectivity index (χ4v) is 3.23. The normalized spacial score (nSPS) is 15.0. The SMILES string of the molecule is C=CCN(C(=O)C(C)OCC1CC1)c1nc(-c2ccccc2)cs1. The van der Waals surface area contributed by atoms with Crippen LogP contribution in [0.15, 0.2) is 48.4 Å². The molecule has 1 saturated carbocycles. The molecule has 1 aromatic heterocycles. The summed E-state index contributed by atoms with van der Waals surface area (Å²) in [5, 5.41) is 2.66. The summed E-state index contributed by atoms with van der Waals surface area (Å²) >= 11 is 1.47. The molecule has 1 fully saturated rings. The first-order valence-electron chi connectivity index (χ1n) is 8.24. The van der Waals surface area contributed by atoms with Crippen molar-refractivity contribution in [3.63, 3.8) is 0 Å². The Hall–Kier alpha value is -1.98. The Balaban J connectivity index is 1.73. The molecule has 1 heterocycles. The van der Waals surface area contributed by atoms with Crippen LogP contribution in [0.4, 0.5) is 5.13 Å². The van der Waals surface area contributed by atoms with E-state index in [1.807, 2.05) is 42.6 Å². The van der Waals surface area contributed by atoms with Gasteiger partial charge in [-0.2, -0.15) is 0 Å². The second kappa shape index (κ2) is 7.73. The summed E-state index contributed by atoms with van der Waals surface area (Å²) in [6, 6.07) is 9.96. The Labute approximate surface area is 146 Å². The quantitative estimate of drug-likeness (QED) is 0.677. The third kappa shape index (κ3) is 4.10. The number of ether oxygens (including phenoxy) is 1. The standard InChI is InChI=1S/C19H22N2O2S/c1-3-11-21(18(22)14(2)23-12-15-9-10-15)19-20-17(13-24-19)16-7-5-4-6-8-16/h3-8,13-15H,1,9-12H2,2H3. The van der Waals surface area contributed by atoms with Crippen LogP contribution >= 0.6 is 11.3 Å². The highest BCUT2D eigenvalue weighted by atomic mass is 32.1. The van der Waals surface area contributed by atoms with Gasteiger partial charge in [-0.15, -0.1) is 17.9 Å². The summed E-state index contributed by atoms with van der Waals surface area (Å²) in [4.78, 5) is 19.0. The van der Waals surface area contributed by atoms with Crippen molar-refractivity contribution in [2.75, 3.05) is 18.1 Å². The van der Waals surface area contributed by atoms with E-state index in [4.69, 9.17) is 4.74 Å². The van der Waals surface area contributed by atoms with Crippen molar-refractivity contribution in [3.8, 4) is 11.3 Å². The third-order valence-electron chi connectivity index (χ3n) is 4.00. The van der Waals surface area contributed by atoms with Crippen molar-refractivity contribution in [2.24, 2.45) is 5.92 Å². The second-order valence-electron chi connectivity index (χ2n) is 6.04. The number of anilines is 1. The molecule has 24 heavy (non-hydrogen) atoms. The fraction of sp³-hybridized carbons (Fsp3) is 0.368. The molecule has 1 amide bonds. The molecule has 1 atom stereocenters. The van der Waals surface area contributed by atoms with Crippen LogP contribution in [0.3, 0.4) is 0 Å². The minimum atomic E-state index is -0.463. The smallest absolute Gasteiger partial charge is 0.257 e. The van der Waals surface area contributed by atoms with Crippen molar-refractivity contribution in [2.45, 2.75) is 25.9 Å². The molecule has 1 aliphatic carbocycles. The lowest BCUT2D eigenvalue weighted by molar-refractivity contribution is -0.129. The van der Waals surface area contributed by atoms with E-state index in [1.54, 1.807) is 11.0 Å². The van der Waals surface area contributed by atoms with Crippen LogP contribution in [0.5, 0.6) is 0 Å². The maximum Gasteiger partial charge on any atom is 0.257 e. The summed E-state index contributed by atoms with van der Waals surface area (Å²) in [5.74, 6) is 0.571. The molecular formula is C19H22N2O2S. The average Bonchev–Trinajstić information content (AvgIpc) is 3.32. The molecule has 1 aliphatic rings. The zero-order valence-corrected chi connectivity index (χ0v) is 14.7. The van der Waals surface area contributed by atoms with Gasteiger partial charge in [0, 0.05) is 17.5 Å². The molecule has 0 N–H and O–H groups in total. The lowest BCUT2D eigenvalue weighted by Gasteiger charge is -2.22. The molecule has 5 heteroatoms. The molecule has 0 saturated heterocycles. The third-order valence-corrected chi connectivity index (χ3v) is 4.86. The number of benzene rings is 1. The number of hydrogen-bond acceptors (Lipinski definition) is 4. The Morgan fingerprint density at radius 3 is 2.88 bits per heavy atom. The monoisotopic (exact) mass is 342 g/mol. The second-order valence-corrected chi connectivity index (χ2v) is 6.87. The minimum absolute atomic E-state index is 0.0653. The number of amides is 1. The molecule has 2 aromatic rings. The van der Waals surface area contributed by atoms with Crippen LogP contribution in [-0.2, 0) is 9.53 Å². The maximum absolute atomic E-state index is 12.7. The number of thiazole rings is 1. The first-order chi connectivity index (χ1) is 11.7. The number of carbonyl (C=O) groups is 1. The predicted molar refractivity (Wildman–Crippen MR) is 98.2 cm³/mol. The summed E-state index contributed by atoms with van der Waals surface area (Å²) < 4.78 is 5.72. The fourth-order valence-electron chi connectivity index (χ4n) is 2.38. The van der Waals surface area contributed by atoms with Gasteiger partial charge >= 0.3 is 0 Å². The number of rotatable bonds is 8. The minimum Gasteiger partial charge on any atom is -0.368 e. The van der Waals surface area contributed by atoms with Gasteiger partial charge in [0.25, 0.3) is 5.91 Å². The maximum atomic E-state index is 12.7. The van der Waals surface area contributed by atoms with Crippen LogP contribution in [0.2, 0.25) is 0 Å². The molecule has 0 bridgehead atoms. The first kappa shape index (κ1) is 16.9. The largest absolute Gasteiger partial charge is 0.368 e. The highest BCUT2D eigenvalue weighted by Gasteiger charge is 2.27. The van der Waals surface area contributed by atoms with E-state index < -0.39 is 6.10 Å². The highest BCUT2D eigenvalue weighted by Crippen LogP contribution is 2.30. The van der Waals surface area contributed by atoms with Gasteiger partial charge in [0.2, 0.25) is 0 Å². The van der Waals surface area contributed by atoms with E-state index in [1.165, 1.54) is 24.2 Å². The Kier molecular flexibility index (Phi) is 5.43. The van der Waals surface area contributed by atoms with E-state index in [2.05, 4.69) is 11.6 Å². The molecular weight excluding hydrogens is 320 g/mol. The van der Waals surface area contributed by atoms with Crippen molar-refractivity contribution in [1.82, 2.24) is 4.98 Å². The molecule has 0 radical (unpaired) electrons. The molecule has 1 aromatic carbocycles. The van der Waals surface area contributed by atoms with Crippen molar-refractivity contribution >= 4 is 22.4 Å². The molecule has 0 spiro atoms. The lowest BCUT2D eigenvalue weighted by Crippen LogP contribution is -2.39. The van der Waals surface area contributed by atoms with Gasteiger partial charge in [0.05, 0.1) is 12.3 Å². The van der Waals surface area contributed by atoms with Crippen LogP contribution < -0.4 is 4.90 Å². The molecule has 1 unspecified atom stereocenters. The molecule has 0 aliphatic heterocycles. The van der Waals surface area contributed by atoms with Crippen LogP contribution in [0.1, 0.15) is 19.8 Å². The number of aromatic nitrogens is 1. The van der Waals surface area contributed by atoms with E-state index in [0.717, 1.165) is 11.3 Å². The van der Waals surface area contributed by atoms with Crippen molar-refractivity contribution in [3.05, 3.63) is 48.4 Å². The van der Waals surface area contributed by atoms with Gasteiger partial charge in [-0.05, 0) is 25.7 Å². The zero-order valence-electron chi connectivity index (χ0n) is 13.9. The van der Waals surface area contributed by atoms with Gasteiger partial charge in [-0.25, -0.2) is 4.98 Å². The summed E-state index contributed by atoms with van der Waals surface area (Å²) in [6.07, 6.45) is 3.68. The van der Waals surface area contributed by atoms with E-state index in [-0.39, 0.29) is 5.91 Å². The van der Waals surface area contributed by atoms with Gasteiger partial charge in [-0.1, -0.05) is 36.4 Å². The number of hydrogen-bond donors (Lipinski definition) is 0. The number of carbonyl (C=O) groups excluding carboxylic acids is 1. The topological polar surface area (TPSA) is 42.4 Å². The predicted octanol–water partition coefficient (Wildman–Crippen LogP) is 4.14. The van der Waals surface area contributed by atoms with Gasteiger partial charge in [0.1, 0.15) is 6.10 Å². The van der Waals surface area contributed by atoms with Crippen LogP contribution in [0, 0.1) is 5.92 Å². The van der Waals surface area contributed by atoms with Gasteiger partial charge in [0.15, 0.2) is 5.13 Å². The molecule has 126 valence electrons. The molecule has 3 rings (SSSR count). The first-order valence-corrected chi connectivity index (χ1v) is 9.12. The number of nitrogens with zero attached hydrogens (tertiary/aromatic N) is 2. The highest BCUT2D eigenvalue weighted by molar-refractivity contribution is 7.14. The average molecular weight is 342 g/mol. The van der Waals surface area contributed by atoms with Crippen LogP contribution in [0.25, 0.3) is 11.3 Å². The van der Waals surface area contributed by atoms with Gasteiger partial charge in [-0.3, -0.25) is 9.69 Å². The zero-order chi connectivity index (χ0) is 16.9. The Morgan fingerprint density at radius 1 is 1.46 bits per heavy atom. The van der Waals surface area contributed by atoms with Crippen molar-refractivity contribution < 1.29 is 9.53 Å². The van der Waals surface area contributed by atoms with Crippen molar-refractivity contribution in [1.29, 1.82) is 0 Å².